The molecule has 1 fully saturated rings. The topological polar surface area (TPSA) is 152 Å². The maximum atomic E-state index is 12.7. The van der Waals surface area contributed by atoms with Crippen LogP contribution in [0.5, 0.6) is 0 Å². The second kappa shape index (κ2) is 35.6. The fourth-order valence-electron chi connectivity index (χ4n) is 6.64. The van der Waals surface area contributed by atoms with Crippen LogP contribution >= 0.6 is 0 Å². The van der Waals surface area contributed by atoms with Gasteiger partial charge in [0.25, 0.3) is 0 Å². The fraction of sp³-hybridized carbons (Fsp3) is 0.886. The first-order valence-electron chi connectivity index (χ1n) is 22.0. The number of unbranched alkanes of at least 4 members (excludes halogenated alkanes) is 23. The van der Waals surface area contributed by atoms with Crippen LogP contribution < -0.4 is 0 Å². The summed E-state index contributed by atoms with van der Waals surface area (Å²) < 4.78 is 22.1. The third-order valence-corrected chi connectivity index (χ3v) is 10.2. The van der Waals surface area contributed by atoms with Gasteiger partial charge in [-0.3, -0.25) is 9.59 Å². The van der Waals surface area contributed by atoms with Crippen molar-refractivity contribution in [3.8, 4) is 0 Å². The lowest BCUT2D eigenvalue weighted by atomic mass is 9.99. The van der Waals surface area contributed by atoms with Crippen molar-refractivity contribution < 1.29 is 49.0 Å². The summed E-state index contributed by atoms with van der Waals surface area (Å²) in [7, 11) is 0. The molecule has 0 bridgehead atoms. The second-order valence-electron chi connectivity index (χ2n) is 15.3. The number of aliphatic hydroxyl groups is 4. The first kappa shape index (κ1) is 50.2. The van der Waals surface area contributed by atoms with Gasteiger partial charge in [-0.15, -0.1) is 5.73 Å². The van der Waals surface area contributed by atoms with Crippen LogP contribution in [-0.4, -0.2) is 89.0 Å². The summed E-state index contributed by atoms with van der Waals surface area (Å²) in [5.41, 5.74) is 3.29. The number of carbonyl (C=O) groups is 2. The van der Waals surface area contributed by atoms with Gasteiger partial charge in [0.1, 0.15) is 31.0 Å². The summed E-state index contributed by atoms with van der Waals surface area (Å²) >= 11 is 0. The minimum Gasteiger partial charge on any atom is -0.462 e. The smallest absolute Gasteiger partial charge is 0.306 e. The van der Waals surface area contributed by atoms with Crippen molar-refractivity contribution in [3.63, 3.8) is 0 Å². The standard InChI is InChI=1S/C44H80O10/c1-3-5-7-9-11-13-15-17-19-21-22-24-26-28-30-32-39(46)51-35-37(36-52-44-43(50)42(49)41(48)38(34-45)54-44)53-40(47)33-31-29-27-25-23-20-18-16-14-12-10-8-6-4-2/h15,19,37-38,41-45,48-50H,3-14,16,18,20-36H2,1-2H3/t17?,37-,38-,41+,42?,43?,44-/m0/s1. The Morgan fingerprint density at radius 1 is 0.593 bits per heavy atom. The number of esters is 2. The molecule has 0 amide bonds. The highest BCUT2D eigenvalue weighted by atomic mass is 16.7. The molecule has 316 valence electrons. The Kier molecular flexibility index (Phi) is 33.1. The number of hydrogen-bond acceptors (Lipinski definition) is 10. The summed E-state index contributed by atoms with van der Waals surface area (Å²) in [6, 6.07) is 0. The molecule has 1 aliphatic heterocycles. The molecule has 0 radical (unpaired) electrons. The molecular formula is C44H80O10. The Morgan fingerprint density at radius 3 is 1.52 bits per heavy atom. The van der Waals surface area contributed by atoms with E-state index in [4.69, 9.17) is 18.9 Å². The Bertz CT molecular complexity index is 950. The average Bonchev–Trinajstić information content (AvgIpc) is 3.17. The summed E-state index contributed by atoms with van der Waals surface area (Å²) in [4.78, 5) is 25.3. The number of hydrogen-bond donors (Lipinski definition) is 4. The van der Waals surface area contributed by atoms with E-state index in [0.717, 1.165) is 57.8 Å². The number of allylic oxidation sites excluding steroid dienone is 1. The van der Waals surface area contributed by atoms with Crippen molar-refractivity contribution in [2.75, 3.05) is 19.8 Å². The number of rotatable bonds is 36. The predicted molar refractivity (Wildman–Crippen MR) is 214 cm³/mol. The van der Waals surface area contributed by atoms with E-state index in [1.165, 1.54) is 96.3 Å². The molecule has 6 atom stereocenters. The lowest BCUT2D eigenvalue weighted by Crippen LogP contribution is -2.59. The molecule has 1 aliphatic rings. The van der Waals surface area contributed by atoms with E-state index in [2.05, 4.69) is 31.7 Å². The first-order chi connectivity index (χ1) is 26.3. The predicted octanol–water partition coefficient (Wildman–Crippen LogP) is 8.93. The molecule has 1 saturated heterocycles. The molecule has 0 aromatic carbocycles. The van der Waals surface area contributed by atoms with E-state index in [-0.39, 0.29) is 26.1 Å². The van der Waals surface area contributed by atoms with Crippen molar-refractivity contribution in [2.24, 2.45) is 0 Å². The summed E-state index contributed by atoms with van der Waals surface area (Å²) in [6.45, 7) is 3.39. The highest BCUT2D eigenvalue weighted by Crippen LogP contribution is 2.23. The van der Waals surface area contributed by atoms with Crippen LogP contribution in [0.4, 0.5) is 0 Å². The highest BCUT2D eigenvalue weighted by molar-refractivity contribution is 5.70. The van der Waals surface area contributed by atoms with Gasteiger partial charge in [0.15, 0.2) is 12.4 Å². The van der Waals surface area contributed by atoms with E-state index in [1.807, 2.05) is 0 Å². The quantitative estimate of drug-likeness (QED) is 0.0276. The van der Waals surface area contributed by atoms with E-state index >= 15 is 0 Å². The van der Waals surface area contributed by atoms with Crippen LogP contribution in [0, 0.1) is 0 Å². The number of aliphatic hydroxyl groups excluding tert-OH is 4. The molecule has 0 saturated carbocycles. The molecule has 0 aromatic rings. The van der Waals surface area contributed by atoms with Crippen molar-refractivity contribution in [1.82, 2.24) is 0 Å². The molecule has 10 nitrogen and oxygen atoms in total. The molecular weight excluding hydrogens is 688 g/mol. The van der Waals surface area contributed by atoms with Crippen LogP contribution in [-0.2, 0) is 28.5 Å². The van der Waals surface area contributed by atoms with Crippen LogP contribution in [0.15, 0.2) is 17.9 Å². The molecule has 0 aliphatic carbocycles. The Balaban J connectivity index is 2.35. The van der Waals surface area contributed by atoms with E-state index < -0.39 is 55.4 Å². The van der Waals surface area contributed by atoms with E-state index in [0.29, 0.717) is 12.8 Å². The molecule has 0 aromatic heterocycles. The molecule has 1 heterocycles. The van der Waals surface area contributed by atoms with Gasteiger partial charge in [0.2, 0.25) is 0 Å². The van der Waals surface area contributed by atoms with Crippen LogP contribution in [0.25, 0.3) is 0 Å². The van der Waals surface area contributed by atoms with Gasteiger partial charge < -0.3 is 39.4 Å². The summed E-state index contributed by atoms with van der Waals surface area (Å²) in [5, 5.41) is 40.0. The van der Waals surface area contributed by atoms with E-state index in [1.54, 1.807) is 0 Å². The van der Waals surface area contributed by atoms with Gasteiger partial charge in [0.05, 0.1) is 13.2 Å². The zero-order chi connectivity index (χ0) is 39.5. The Hall–Kier alpha value is -1.78. The average molecular weight is 769 g/mol. The lowest BCUT2D eigenvalue weighted by molar-refractivity contribution is -0.305. The van der Waals surface area contributed by atoms with Gasteiger partial charge in [0, 0.05) is 12.8 Å². The third kappa shape index (κ3) is 26.9. The first-order valence-corrected chi connectivity index (χ1v) is 22.0. The van der Waals surface area contributed by atoms with Crippen LogP contribution in [0.3, 0.4) is 0 Å². The third-order valence-electron chi connectivity index (χ3n) is 10.2. The Morgan fingerprint density at radius 2 is 1.04 bits per heavy atom. The molecule has 54 heavy (non-hydrogen) atoms. The number of ether oxygens (including phenoxy) is 4. The second-order valence-corrected chi connectivity index (χ2v) is 15.3. The highest BCUT2D eigenvalue weighted by Gasteiger charge is 2.44. The van der Waals surface area contributed by atoms with Crippen LogP contribution in [0.1, 0.15) is 194 Å². The number of carbonyl (C=O) groups excluding carboxylic acids is 2. The van der Waals surface area contributed by atoms with Gasteiger partial charge in [-0.1, -0.05) is 142 Å². The Labute approximate surface area is 328 Å². The largest absolute Gasteiger partial charge is 0.462 e. The van der Waals surface area contributed by atoms with Crippen molar-refractivity contribution in [2.45, 2.75) is 230 Å². The molecule has 2 unspecified atom stereocenters. The lowest BCUT2D eigenvalue weighted by Gasteiger charge is -2.39. The molecule has 1 rings (SSSR count). The summed E-state index contributed by atoms with van der Waals surface area (Å²) in [6.07, 6.45) is 27.1. The van der Waals surface area contributed by atoms with Crippen LogP contribution in [0.2, 0.25) is 0 Å². The monoisotopic (exact) mass is 769 g/mol. The van der Waals surface area contributed by atoms with Crippen molar-refractivity contribution in [3.05, 3.63) is 17.9 Å². The molecule has 0 spiro atoms. The van der Waals surface area contributed by atoms with Gasteiger partial charge in [-0.05, 0) is 50.7 Å². The van der Waals surface area contributed by atoms with Gasteiger partial charge >= 0.3 is 11.9 Å². The van der Waals surface area contributed by atoms with Crippen molar-refractivity contribution >= 4 is 11.9 Å². The minimum atomic E-state index is -1.59. The molecule has 4 N–H and O–H groups in total. The zero-order valence-corrected chi connectivity index (χ0v) is 34.3. The SMILES string of the molecule is CCCCCCCC=C=CCCCCCCCC(=O)OC[C@@H](CO[C@H]1O[C@@H](CO)[C@@H](O)C(O)C1O)OC(=O)CCCCCCCCCCCCCCCC. The maximum Gasteiger partial charge on any atom is 0.306 e. The minimum absolute atomic E-state index is 0.223. The maximum absolute atomic E-state index is 12.7. The van der Waals surface area contributed by atoms with Crippen molar-refractivity contribution in [1.29, 1.82) is 0 Å². The molecule has 10 heteroatoms. The summed E-state index contributed by atoms with van der Waals surface area (Å²) in [5.74, 6) is -0.821. The fourth-order valence-corrected chi connectivity index (χ4v) is 6.64. The van der Waals surface area contributed by atoms with E-state index in [9.17, 15) is 30.0 Å². The zero-order valence-electron chi connectivity index (χ0n) is 34.3. The van der Waals surface area contributed by atoms with Gasteiger partial charge in [-0.25, -0.2) is 0 Å². The van der Waals surface area contributed by atoms with Gasteiger partial charge in [-0.2, -0.15) is 0 Å². The normalized spacial score (nSPS) is 20.3.